The highest BCUT2D eigenvalue weighted by molar-refractivity contribution is 14.0. The zero-order valence-electron chi connectivity index (χ0n) is 16.9. The highest BCUT2D eigenvalue weighted by atomic mass is 127. The molecular weight excluding hydrogens is 467 g/mol. The van der Waals surface area contributed by atoms with Crippen molar-refractivity contribution in [3.8, 4) is 5.75 Å². The molecule has 0 aliphatic carbocycles. The molecule has 7 nitrogen and oxygen atoms in total. The summed E-state index contributed by atoms with van der Waals surface area (Å²) in [5.74, 6) is 2.65. The SMILES string of the molecule is C=C(C)CN=C(NCCc1ccc(OC)cc1)NCCn1cnnc1CC.I. The molecule has 2 N–H and O–H groups in total. The summed E-state index contributed by atoms with van der Waals surface area (Å²) in [5.41, 5.74) is 2.28. The molecule has 0 atom stereocenters. The third-order valence-corrected chi connectivity index (χ3v) is 4.03. The van der Waals surface area contributed by atoms with Crippen LogP contribution in [-0.4, -0.2) is 47.5 Å². The van der Waals surface area contributed by atoms with Gasteiger partial charge in [-0.1, -0.05) is 31.2 Å². The third-order valence-electron chi connectivity index (χ3n) is 4.03. The number of aliphatic imine (C=N–C) groups is 1. The summed E-state index contributed by atoms with van der Waals surface area (Å²) in [6, 6.07) is 8.12. The minimum Gasteiger partial charge on any atom is -0.497 e. The monoisotopic (exact) mass is 498 g/mol. The molecule has 0 fully saturated rings. The minimum atomic E-state index is 0. The van der Waals surface area contributed by atoms with E-state index in [1.807, 2.05) is 19.1 Å². The topological polar surface area (TPSA) is 76.4 Å². The second kappa shape index (κ2) is 13.1. The van der Waals surface area contributed by atoms with Crippen molar-refractivity contribution in [2.75, 3.05) is 26.7 Å². The summed E-state index contributed by atoms with van der Waals surface area (Å²) in [6.07, 6.45) is 3.54. The molecule has 0 saturated heterocycles. The summed E-state index contributed by atoms with van der Waals surface area (Å²) in [6.45, 7) is 10.9. The van der Waals surface area contributed by atoms with Gasteiger partial charge in [0.2, 0.25) is 0 Å². The van der Waals surface area contributed by atoms with Crippen molar-refractivity contribution in [3.63, 3.8) is 0 Å². The number of aryl methyl sites for hydroxylation is 1. The average molecular weight is 498 g/mol. The van der Waals surface area contributed by atoms with Gasteiger partial charge in [-0.05, 0) is 31.0 Å². The van der Waals surface area contributed by atoms with Gasteiger partial charge < -0.3 is 19.9 Å². The molecule has 1 aromatic heterocycles. The number of guanidine groups is 1. The van der Waals surface area contributed by atoms with Gasteiger partial charge in [-0.25, -0.2) is 4.99 Å². The maximum absolute atomic E-state index is 5.19. The molecule has 0 radical (unpaired) electrons. The van der Waals surface area contributed by atoms with Gasteiger partial charge in [0.1, 0.15) is 17.9 Å². The Hall–Kier alpha value is -2.10. The van der Waals surface area contributed by atoms with Gasteiger partial charge in [-0.15, -0.1) is 34.2 Å². The van der Waals surface area contributed by atoms with E-state index < -0.39 is 0 Å². The minimum absolute atomic E-state index is 0. The Labute approximate surface area is 184 Å². The number of benzene rings is 1. The van der Waals surface area contributed by atoms with Crippen LogP contribution in [0.3, 0.4) is 0 Å². The van der Waals surface area contributed by atoms with Crippen LogP contribution in [-0.2, 0) is 19.4 Å². The van der Waals surface area contributed by atoms with E-state index in [0.29, 0.717) is 6.54 Å². The zero-order chi connectivity index (χ0) is 19.5. The van der Waals surface area contributed by atoms with Crippen molar-refractivity contribution >= 4 is 29.9 Å². The van der Waals surface area contributed by atoms with Crippen LogP contribution in [0.1, 0.15) is 25.2 Å². The first kappa shape index (κ1) is 23.9. The van der Waals surface area contributed by atoms with Crippen LogP contribution in [0.5, 0.6) is 5.75 Å². The lowest BCUT2D eigenvalue weighted by Crippen LogP contribution is -2.40. The van der Waals surface area contributed by atoms with E-state index in [1.165, 1.54) is 5.56 Å². The molecule has 0 aliphatic rings. The molecule has 1 aromatic carbocycles. The standard InChI is InChI=1S/C20H30N6O.HI/c1-5-19-25-24-15-26(19)13-12-22-20(23-14-16(2)3)21-11-10-17-6-8-18(27-4)9-7-17;/h6-9,15H,2,5,10-14H2,1,3-4H3,(H2,21,22,23);1H. The van der Waals surface area contributed by atoms with Gasteiger partial charge in [0.05, 0.1) is 13.7 Å². The lowest BCUT2D eigenvalue weighted by molar-refractivity contribution is 0.414. The van der Waals surface area contributed by atoms with Crippen LogP contribution < -0.4 is 15.4 Å². The number of hydrogen-bond donors (Lipinski definition) is 2. The Bertz CT molecular complexity index is 741. The molecule has 154 valence electrons. The number of ether oxygens (including phenoxy) is 1. The Morgan fingerprint density at radius 2 is 1.93 bits per heavy atom. The van der Waals surface area contributed by atoms with Gasteiger partial charge in [0, 0.05) is 26.1 Å². The van der Waals surface area contributed by atoms with Crippen LogP contribution in [0.15, 0.2) is 47.7 Å². The van der Waals surface area contributed by atoms with Crippen molar-refractivity contribution in [1.82, 2.24) is 25.4 Å². The van der Waals surface area contributed by atoms with Crippen LogP contribution in [0.2, 0.25) is 0 Å². The van der Waals surface area contributed by atoms with Gasteiger partial charge >= 0.3 is 0 Å². The number of nitrogens with one attached hydrogen (secondary N) is 2. The van der Waals surface area contributed by atoms with E-state index in [1.54, 1.807) is 13.4 Å². The van der Waals surface area contributed by atoms with Gasteiger partial charge in [0.15, 0.2) is 5.96 Å². The Morgan fingerprint density at radius 1 is 1.21 bits per heavy atom. The number of hydrogen-bond acceptors (Lipinski definition) is 4. The van der Waals surface area contributed by atoms with Crippen LogP contribution >= 0.6 is 24.0 Å². The van der Waals surface area contributed by atoms with Crippen molar-refractivity contribution in [2.45, 2.75) is 33.2 Å². The first-order valence-electron chi connectivity index (χ1n) is 9.28. The lowest BCUT2D eigenvalue weighted by Gasteiger charge is -2.14. The van der Waals surface area contributed by atoms with E-state index >= 15 is 0 Å². The maximum atomic E-state index is 5.19. The van der Waals surface area contributed by atoms with Crippen LogP contribution in [0, 0.1) is 0 Å². The number of methoxy groups -OCH3 is 1. The second-order valence-corrected chi connectivity index (χ2v) is 6.37. The highest BCUT2D eigenvalue weighted by Crippen LogP contribution is 2.11. The van der Waals surface area contributed by atoms with Gasteiger partial charge in [0.25, 0.3) is 0 Å². The molecular formula is C20H31IN6O. The molecule has 1 heterocycles. The van der Waals surface area contributed by atoms with Gasteiger partial charge in [-0.3, -0.25) is 0 Å². The van der Waals surface area contributed by atoms with Crippen molar-refractivity contribution in [3.05, 3.63) is 54.1 Å². The number of halogens is 1. The fourth-order valence-corrected chi connectivity index (χ4v) is 2.54. The average Bonchev–Trinajstić information content (AvgIpc) is 3.13. The predicted octanol–water partition coefficient (Wildman–Crippen LogP) is 2.82. The smallest absolute Gasteiger partial charge is 0.191 e. The number of nitrogens with zero attached hydrogens (tertiary/aromatic N) is 4. The summed E-state index contributed by atoms with van der Waals surface area (Å²) in [5, 5.41) is 14.8. The van der Waals surface area contributed by atoms with Crippen molar-refractivity contribution < 1.29 is 4.74 Å². The summed E-state index contributed by atoms with van der Waals surface area (Å²) in [4.78, 5) is 4.58. The highest BCUT2D eigenvalue weighted by Gasteiger charge is 2.03. The number of aromatic nitrogens is 3. The maximum Gasteiger partial charge on any atom is 0.191 e. The molecule has 8 heteroatoms. The molecule has 2 aromatic rings. The lowest BCUT2D eigenvalue weighted by atomic mass is 10.1. The van der Waals surface area contributed by atoms with E-state index in [2.05, 4.69) is 56.0 Å². The quantitative estimate of drug-likeness (QED) is 0.228. The van der Waals surface area contributed by atoms with Crippen molar-refractivity contribution in [2.24, 2.45) is 4.99 Å². The normalized spacial score (nSPS) is 10.9. The largest absolute Gasteiger partial charge is 0.497 e. The van der Waals surface area contributed by atoms with E-state index in [4.69, 9.17) is 4.74 Å². The Kier molecular flexibility index (Phi) is 11.2. The second-order valence-electron chi connectivity index (χ2n) is 6.37. The molecule has 0 spiro atoms. The predicted molar refractivity (Wildman–Crippen MR) is 125 cm³/mol. The first-order valence-corrected chi connectivity index (χ1v) is 9.28. The fourth-order valence-electron chi connectivity index (χ4n) is 2.54. The molecule has 2 rings (SSSR count). The summed E-state index contributed by atoms with van der Waals surface area (Å²) in [7, 11) is 1.68. The number of rotatable bonds is 10. The van der Waals surface area contributed by atoms with Crippen LogP contribution in [0.25, 0.3) is 0 Å². The zero-order valence-corrected chi connectivity index (χ0v) is 19.3. The summed E-state index contributed by atoms with van der Waals surface area (Å²) >= 11 is 0. The molecule has 0 bridgehead atoms. The molecule has 0 aliphatic heterocycles. The third kappa shape index (κ3) is 8.28. The fraction of sp³-hybridized carbons (Fsp3) is 0.450. The van der Waals surface area contributed by atoms with E-state index in [0.717, 1.165) is 55.6 Å². The van der Waals surface area contributed by atoms with E-state index in [9.17, 15) is 0 Å². The first-order chi connectivity index (χ1) is 13.1. The van der Waals surface area contributed by atoms with E-state index in [-0.39, 0.29) is 24.0 Å². The summed E-state index contributed by atoms with van der Waals surface area (Å²) < 4.78 is 7.25. The Morgan fingerprint density at radius 3 is 2.57 bits per heavy atom. The molecule has 0 unspecified atom stereocenters. The van der Waals surface area contributed by atoms with Crippen molar-refractivity contribution in [1.29, 1.82) is 0 Å². The Balaban J connectivity index is 0.00000392. The molecule has 28 heavy (non-hydrogen) atoms. The molecule has 0 amide bonds. The van der Waals surface area contributed by atoms with Gasteiger partial charge in [-0.2, -0.15) is 0 Å². The molecule has 0 saturated carbocycles. The van der Waals surface area contributed by atoms with Crippen LogP contribution in [0.4, 0.5) is 0 Å².